The van der Waals surface area contributed by atoms with E-state index in [2.05, 4.69) is 6.92 Å². The minimum atomic E-state index is -0.435. The highest BCUT2D eigenvalue weighted by Gasteiger charge is 2.27. The van der Waals surface area contributed by atoms with Crippen molar-refractivity contribution in [2.75, 3.05) is 0 Å². The highest BCUT2D eigenvalue weighted by Crippen LogP contribution is 2.32. The van der Waals surface area contributed by atoms with Crippen LogP contribution in [0.1, 0.15) is 32.8 Å². The molecular formula is C13H18Cl2O. The van der Waals surface area contributed by atoms with Gasteiger partial charge in [-0.2, -0.15) is 0 Å². The van der Waals surface area contributed by atoms with Crippen molar-refractivity contribution in [3.8, 4) is 0 Å². The predicted molar refractivity (Wildman–Crippen MR) is 70.2 cm³/mol. The van der Waals surface area contributed by atoms with Crippen LogP contribution in [-0.2, 0) is 6.42 Å². The van der Waals surface area contributed by atoms with Crippen LogP contribution < -0.4 is 0 Å². The molecule has 0 radical (unpaired) electrons. The standard InChI is InChI=1S/C13H18Cl2O/c1-4-13(2,3)12(16)8-9-10(14)6-5-7-11(9)15/h5-7,12,16H,4,8H2,1-3H3. The third-order valence-electron chi connectivity index (χ3n) is 3.27. The van der Waals surface area contributed by atoms with Crippen molar-refractivity contribution in [1.29, 1.82) is 0 Å². The van der Waals surface area contributed by atoms with Crippen LogP contribution in [0.25, 0.3) is 0 Å². The molecule has 0 saturated carbocycles. The number of hydrogen-bond acceptors (Lipinski definition) is 1. The van der Waals surface area contributed by atoms with E-state index in [-0.39, 0.29) is 5.41 Å². The maximum Gasteiger partial charge on any atom is 0.0632 e. The van der Waals surface area contributed by atoms with Crippen molar-refractivity contribution >= 4 is 23.2 Å². The summed E-state index contributed by atoms with van der Waals surface area (Å²) in [4.78, 5) is 0. The smallest absolute Gasteiger partial charge is 0.0632 e. The topological polar surface area (TPSA) is 20.2 Å². The molecule has 1 aromatic carbocycles. The van der Waals surface area contributed by atoms with Crippen molar-refractivity contribution in [3.63, 3.8) is 0 Å². The first kappa shape index (κ1) is 13.8. The fourth-order valence-electron chi connectivity index (χ4n) is 1.43. The Hall–Kier alpha value is -0.240. The third kappa shape index (κ3) is 3.13. The van der Waals surface area contributed by atoms with Gasteiger partial charge in [-0.15, -0.1) is 0 Å². The molecule has 0 bridgehead atoms. The number of hydrogen-bond donors (Lipinski definition) is 1. The molecule has 1 aromatic rings. The summed E-state index contributed by atoms with van der Waals surface area (Å²) in [6.07, 6.45) is 0.977. The second-order valence-electron chi connectivity index (χ2n) is 4.76. The lowest BCUT2D eigenvalue weighted by atomic mass is 9.81. The largest absolute Gasteiger partial charge is 0.392 e. The fourth-order valence-corrected chi connectivity index (χ4v) is 1.98. The molecular weight excluding hydrogens is 243 g/mol. The summed E-state index contributed by atoms with van der Waals surface area (Å²) in [7, 11) is 0. The zero-order valence-electron chi connectivity index (χ0n) is 9.93. The van der Waals surface area contributed by atoms with E-state index in [4.69, 9.17) is 23.2 Å². The van der Waals surface area contributed by atoms with Gasteiger partial charge in [-0.05, 0) is 29.5 Å². The molecule has 0 aliphatic rings. The lowest BCUT2D eigenvalue weighted by Crippen LogP contribution is -2.30. The maximum absolute atomic E-state index is 10.2. The van der Waals surface area contributed by atoms with Gasteiger partial charge in [0, 0.05) is 16.5 Å². The highest BCUT2D eigenvalue weighted by molar-refractivity contribution is 6.35. The van der Waals surface area contributed by atoms with Gasteiger partial charge in [-0.3, -0.25) is 0 Å². The van der Waals surface area contributed by atoms with E-state index in [0.717, 1.165) is 12.0 Å². The SMILES string of the molecule is CCC(C)(C)C(O)Cc1c(Cl)cccc1Cl. The Kier molecular flexibility index (Phi) is 4.66. The summed E-state index contributed by atoms with van der Waals surface area (Å²) < 4.78 is 0. The van der Waals surface area contributed by atoms with Gasteiger partial charge >= 0.3 is 0 Å². The number of aliphatic hydroxyl groups is 1. The second kappa shape index (κ2) is 5.39. The van der Waals surface area contributed by atoms with Crippen LogP contribution >= 0.6 is 23.2 Å². The quantitative estimate of drug-likeness (QED) is 0.855. The van der Waals surface area contributed by atoms with Gasteiger partial charge in [0.05, 0.1) is 6.10 Å². The minimum absolute atomic E-state index is 0.123. The van der Waals surface area contributed by atoms with Gasteiger partial charge in [0.15, 0.2) is 0 Å². The van der Waals surface area contributed by atoms with Gasteiger partial charge in [0.2, 0.25) is 0 Å². The first-order valence-corrected chi connectivity index (χ1v) is 6.25. The van der Waals surface area contributed by atoms with Crippen LogP contribution in [0.5, 0.6) is 0 Å². The lowest BCUT2D eigenvalue weighted by molar-refractivity contribution is 0.0480. The normalized spacial score (nSPS) is 13.9. The van der Waals surface area contributed by atoms with Gasteiger partial charge < -0.3 is 5.11 Å². The van der Waals surface area contributed by atoms with Crippen LogP contribution in [0.2, 0.25) is 10.0 Å². The van der Waals surface area contributed by atoms with Crippen LogP contribution in [0.3, 0.4) is 0 Å². The van der Waals surface area contributed by atoms with Crippen molar-refractivity contribution in [1.82, 2.24) is 0 Å². The van der Waals surface area contributed by atoms with Gasteiger partial charge in [0.25, 0.3) is 0 Å². The molecule has 90 valence electrons. The number of halogens is 2. The summed E-state index contributed by atoms with van der Waals surface area (Å²) >= 11 is 12.1. The molecule has 1 unspecified atom stereocenters. The number of aliphatic hydroxyl groups excluding tert-OH is 1. The molecule has 0 fully saturated rings. The zero-order chi connectivity index (χ0) is 12.3. The second-order valence-corrected chi connectivity index (χ2v) is 5.58. The van der Waals surface area contributed by atoms with E-state index in [0.29, 0.717) is 16.5 Å². The third-order valence-corrected chi connectivity index (χ3v) is 3.98. The molecule has 0 aliphatic heterocycles. The molecule has 1 rings (SSSR count). The monoisotopic (exact) mass is 260 g/mol. The Balaban J connectivity index is 2.89. The van der Waals surface area contributed by atoms with Crippen molar-refractivity contribution < 1.29 is 5.11 Å². The average molecular weight is 261 g/mol. The highest BCUT2D eigenvalue weighted by atomic mass is 35.5. The maximum atomic E-state index is 10.2. The van der Waals surface area contributed by atoms with Gasteiger partial charge in [-0.25, -0.2) is 0 Å². The van der Waals surface area contributed by atoms with Crippen LogP contribution in [0.15, 0.2) is 18.2 Å². The molecule has 0 aromatic heterocycles. The Morgan fingerprint density at radius 1 is 1.25 bits per heavy atom. The molecule has 0 saturated heterocycles. The van der Waals surface area contributed by atoms with E-state index in [1.165, 1.54) is 0 Å². The Morgan fingerprint density at radius 2 is 1.75 bits per heavy atom. The average Bonchev–Trinajstić information content (AvgIpc) is 2.23. The molecule has 3 heteroatoms. The first-order valence-electron chi connectivity index (χ1n) is 5.49. The Labute approximate surface area is 107 Å². The van der Waals surface area contributed by atoms with E-state index < -0.39 is 6.10 Å². The van der Waals surface area contributed by atoms with Crippen LogP contribution in [0.4, 0.5) is 0 Å². The van der Waals surface area contributed by atoms with E-state index in [9.17, 15) is 5.11 Å². The van der Waals surface area contributed by atoms with Crippen LogP contribution in [0, 0.1) is 5.41 Å². The van der Waals surface area contributed by atoms with Gasteiger partial charge in [0.1, 0.15) is 0 Å². The number of rotatable bonds is 4. The summed E-state index contributed by atoms with van der Waals surface area (Å²) in [5, 5.41) is 11.4. The van der Waals surface area contributed by atoms with Crippen LogP contribution in [-0.4, -0.2) is 11.2 Å². The van der Waals surface area contributed by atoms with Gasteiger partial charge in [-0.1, -0.05) is 50.0 Å². The minimum Gasteiger partial charge on any atom is -0.392 e. The summed E-state index contributed by atoms with van der Waals surface area (Å²) in [6.45, 7) is 6.16. The Morgan fingerprint density at radius 3 is 2.19 bits per heavy atom. The van der Waals surface area contributed by atoms with E-state index in [1.54, 1.807) is 12.1 Å². The van der Waals surface area contributed by atoms with Crippen molar-refractivity contribution in [2.24, 2.45) is 5.41 Å². The fraction of sp³-hybridized carbons (Fsp3) is 0.538. The summed E-state index contributed by atoms with van der Waals surface area (Å²) in [5.74, 6) is 0. The summed E-state index contributed by atoms with van der Waals surface area (Å²) in [6, 6.07) is 5.41. The molecule has 1 atom stereocenters. The number of benzene rings is 1. The first-order chi connectivity index (χ1) is 7.38. The lowest BCUT2D eigenvalue weighted by Gasteiger charge is -2.29. The molecule has 1 nitrogen and oxygen atoms in total. The zero-order valence-corrected chi connectivity index (χ0v) is 11.4. The van der Waals surface area contributed by atoms with Crippen molar-refractivity contribution in [2.45, 2.75) is 39.7 Å². The van der Waals surface area contributed by atoms with E-state index >= 15 is 0 Å². The van der Waals surface area contributed by atoms with E-state index in [1.807, 2.05) is 19.9 Å². The van der Waals surface area contributed by atoms with Crippen molar-refractivity contribution in [3.05, 3.63) is 33.8 Å². The molecule has 0 amide bonds. The summed E-state index contributed by atoms with van der Waals surface area (Å²) in [5.41, 5.74) is 0.711. The molecule has 1 N–H and O–H groups in total. The molecule has 0 heterocycles. The predicted octanol–water partition coefficient (Wildman–Crippen LogP) is 4.33. The molecule has 0 aliphatic carbocycles. The molecule has 0 spiro atoms. The Bertz CT molecular complexity index is 341. The molecule has 16 heavy (non-hydrogen) atoms.